The van der Waals surface area contributed by atoms with E-state index in [1.807, 2.05) is 0 Å². The smallest absolute Gasteiger partial charge is 0.272 e. The Labute approximate surface area is 129 Å². The van der Waals surface area contributed by atoms with Crippen LogP contribution in [-0.4, -0.2) is 14.5 Å². The van der Waals surface area contributed by atoms with E-state index < -0.39 is 10.7 Å². The van der Waals surface area contributed by atoms with Crippen LogP contribution in [0.4, 0.5) is 10.1 Å². The van der Waals surface area contributed by atoms with Gasteiger partial charge in [0.2, 0.25) is 0 Å². The second-order valence-electron chi connectivity index (χ2n) is 3.53. The second-order valence-corrected chi connectivity index (χ2v) is 5.57. The molecule has 0 atom stereocenters. The first-order valence-electron chi connectivity index (χ1n) is 4.77. The predicted octanol–water partition coefficient (Wildman–Crippen LogP) is 3.19. The van der Waals surface area contributed by atoms with Crippen molar-refractivity contribution in [3.63, 3.8) is 0 Å². The topological polar surface area (TPSA) is 61.0 Å². The number of benzene rings is 1. The number of hydrogen-bond donors (Lipinski definition) is 0. The van der Waals surface area contributed by atoms with Crippen molar-refractivity contribution in [2.75, 3.05) is 0 Å². The van der Waals surface area contributed by atoms with Gasteiger partial charge in [0.1, 0.15) is 13.2 Å². The molecule has 0 aliphatic heterocycles. The number of non-ortho nitro benzene ring substituents is 1. The summed E-state index contributed by atoms with van der Waals surface area (Å²) in [6, 6.07) is 3.56. The molecule has 5 nitrogen and oxygen atoms in total. The maximum atomic E-state index is 13.3. The van der Waals surface area contributed by atoms with Gasteiger partial charge in [0.25, 0.3) is 5.69 Å². The maximum Gasteiger partial charge on any atom is 0.272 e. The molecule has 0 radical (unpaired) electrons. The molecule has 0 amide bonds. The Hall–Kier alpha value is -0.780. The molecule has 8 heteroatoms. The van der Waals surface area contributed by atoms with Crippen LogP contribution in [0.3, 0.4) is 0 Å². The highest BCUT2D eigenvalue weighted by Gasteiger charge is 2.11. The Kier molecular flexibility index (Phi) is 4.14. The zero-order valence-corrected chi connectivity index (χ0v) is 13.1. The van der Waals surface area contributed by atoms with Crippen LogP contribution < -0.4 is 0 Å². The van der Waals surface area contributed by atoms with Gasteiger partial charge in [-0.15, -0.1) is 0 Å². The molecule has 1 heterocycles. The molecule has 0 aliphatic rings. The Morgan fingerprint density at radius 2 is 2.11 bits per heavy atom. The Bertz CT molecular complexity index is 615. The average Bonchev–Trinajstić information content (AvgIpc) is 2.60. The molecule has 18 heavy (non-hydrogen) atoms. The molecule has 0 saturated heterocycles. The van der Waals surface area contributed by atoms with Gasteiger partial charge in [0.15, 0.2) is 0 Å². The lowest BCUT2D eigenvalue weighted by atomic mass is 10.2. The minimum absolute atomic E-state index is 0.241. The molecule has 0 spiro atoms. The van der Waals surface area contributed by atoms with Crippen LogP contribution in [0.1, 0.15) is 5.56 Å². The summed E-state index contributed by atoms with van der Waals surface area (Å²) in [5, 5.41) is 10.6. The molecule has 2 aromatic rings. The quantitative estimate of drug-likeness (QED) is 0.391. The largest absolute Gasteiger partial charge is 0.321 e. The Morgan fingerprint density at radius 1 is 1.39 bits per heavy atom. The molecule has 0 unspecified atom stereocenters. The van der Waals surface area contributed by atoms with E-state index >= 15 is 0 Å². The first kappa shape index (κ1) is 13.6. The summed E-state index contributed by atoms with van der Waals surface area (Å²) in [5.41, 5.74) is 0.295. The van der Waals surface area contributed by atoms with E-state index in [0.717, 1.165) is 13.5 Å². The van der Waals surface area contributed by atoms with E-state index in [9.17, 15) is 14.5 Å². The molecule has 0 bridgehead atoms. The predicted molar refractivity (Wildman–Crippen MR) is 79.8 cm³/mol. The van der Waals surface area contributed by atoms with Crippen molar-refractivity contribution in [3.8, 4) is 0 Å². The lowest BCUT2D eigenvalue weighted by Gasteiger charge is -2.04. The lowest BCUT2D eigenvalue weighted by Crippen LogP contribution is -2.02. The SMILES string of the molecule is O=[N+]([O-])c1cc(F)cc(Cn2cnc(I)c2I)c1. The molecule has 94 valence electrons. The Balaban J connectivity index is 2.34. The molecule has 0 N–H and O–H groups in total. The third-order valence-electron chi connectivity index (χ3n) is 2.24. The van der Waals surface area contributed by atoms with E-state index in [0.29, 0.717) is 12.1 Å². The number of hydrogen-bond acceptors (Lipinski definition) is 3. The summed E-state index contributed by atoms with van der Waals surface area (Å²) < 4.78 is 16.8. The van der Waals surface area contributed by atoms with Crippen molar-refractivity contribution in [1.29, 1.82) is 0 Å². The van der Waals surface area contributed by atoms with E-state index in [-0.39, 0.29) is 5.69 Å². The van der Waals surface area contributed by atoms with Crippen LogP contribution in [0.25, 0.3) is 0 Å². The fourth-order valence-corrected chi connectivity index (χ4v) is 2.35. The van der Waals surface area contributed by atoms with Crippen molar-refractivity contribution in [2.45, 2.75) is 6.54 Å². The number of imidazole rings is 1. The average molecular weight is 473 g/mol. The van der Waals surface area contributed by atoms with Gasteiger partial charge in [0, 0.05) is 12.6 Å². The number of nitro groups is 1. The van der Waals surface area contributed by atoms with Crippen LogP contribution in [0.5, 0.6) is 0 Å². The first-order valence-corrected chi connectivity index (χ1v) is 6.93. The summed E-state index contributed by atoms with van der Waals surface area (Å²) >= 11 is 4.21. The van der Waals surface area contributed by atoms with Gasteiger partial charge < -0.3 is 4.57 Å². The van der Waals surface area contributed by atoms with Crippen molar-refractivity contribution in [2.24, 2.45) is 0 Å². The van der Waals surface area contributed by atoms with E-state index in [4.69, 9.17) is 0 Å². The number of halogens is 3. The van der Waals surface area contributed by atoms with Gasteiger partial charge >= 0.3 is 0 Å². The van der Waals surface area contributed by atoms with Crippen molar-refractivity contribution >= 4 is 50.9 Å². The zero-order valence-electron chi connectivity index (χ0n) is 8.81. The Morgan fingerprint density at radius 3 is 2.67 bits per heavy atom. The monoisotopic (exact) mass is 473 g/mol. The van der Waals surface area contributed by atoms with E-state index in [1.54, 1.807) is 10.9 Å². The third-order valence-corrected chi connectivity index (χ3v) is 5.19. The van der Waals surface area contributed by atoms with Gasteiger partial charge in [-0.1, -0.05) is 0 Å². The van der Waals surface area contributed by atoms with Gasteiger partial charge in [-0.05, 0) is 56.8 Å². The van der Waals surface area contributed by atoms with Crippen LogP contribution in [0.15, 0.2) is 24.5 Å². The fraction of sp³-hybridized carbons (Fsp3) is 0.100. The van der Waals surface area contributed by atoms with Crippen molar-refractivity contribution in [3.05, 3.63) is 53.4 Å². The fourth-order valence-electron chi connectivity index (χ4n) is 1.48. The minimum atomic E-state index is -0.607. The number of aromatic nitrogens is 2. The number of rotatable bonds is 3. The second kappa shape index (κ2) is 5.47. The van der Waals surface area contributed by atoms with Gasteiger partial charge in [0.05, 0.1) is 17.3 Å². The molecule has 0 saturated carbocycles. The summed E-state index contributed by atoms with van der Waals surface area (Å²) in [4.78, 5) is 14.2. The van der Waals surface area contributed by atoms with E-state index in [2.05, 4.69) is 50.2 Å². The molecular formula is C10H6FI2N3O2. The molecule has 2 rings (SSSR count). The molecule has 0 aliphatic carbocycles. The zero-order chi connectivity index (χ0) is 13.3. The summed E-state index contributed by atoms with van der Waals surface area (Å²) in [6.07, 6.45) is 1.63. The van der Waals surface area contributed by atoms with Gasteiger partial charge in [-0.3, -0.25) is 10.1 Å². The first-order chi connectivity index (χ1) is 8.47. The van der Waals surface area contributed by atoms with Crippen LogP contribution in [0, 0.1) is 23.3 Å². The highest BCUT2D eigenvalue weighted by molar-refractivity contribution is 14.1. The lowest BCUT2D eigenvalue weighted by molar-refractivity contribution is -0.385. The summed E-state index contributed by atoms with van der Waals surface area (Å²) in [6.45, 7) is 0.354. The normalized spacial score (nSPS) is 10.6. The number of nitro benzene ring substituents is 1. The molecule has 1 aromatic heterocycles. The highest BCUT2D eigenvalue weighted by atomic mass is 127. The summed E-state index contributed by atoms with van der Waals surface area (Å²) in [7, 11) is 0. The van der Waals surface area contributed by atoms with Crippen LogP contribution in [0.2, 0.25) is 0 Å². The van der Waals surface area contributed by atoms with Crippen LogP contribution in [-0.2, 0) is 6.54 Å². The van der Waals surface area contributed by atoms with Gasteiger partial charge in [-0.25, -0.2) is 9.37 Å². The molecule has 0 fully saturated rings. The maximum absolute atomic E-state index is 13.3. The van der Waals surface area contributed by atoms with E-state index in [1.165, 1.54) is 12.1 Å². The van der Waals surface area contributed by atoms with Crippen molar-refractivity contribution in [1.82, 2.24) is 9.55 Å². The molecular weight excluding hydrogens is 467 g/mol. The minimum Gasteiger partial charge on any atom is -0.321 e. The van der Waals surface area contributed by atoms with Crippen molar-refractivity contribution < 1.29 is 9.31 Å². The standard InChI is InChI=1S/C10H6FI2N3O2/c11-7-1-6(2-8(3-7)16(17)18)4-15-5-14-9(12)10(15)13/h1-3,5H,4H2. The van der Waals surface area contributed by atoms with Crippen LogP contribution >= 0.6 is 45.2 Å². The number of nitrogens with zero attached hydrogens (tertiary/aromatic N) is 3. The highest BCUT2D eigenvalue weighted by Crippen LogP contribution is 2.19. The third kappa shape index (κ3) is 2.96. The summed E-state index contributed by atoms with van der Waals surface area (Å²) in [5.74, 6) is -0.607. The molecule has 1 aromatic carbocycles. The van der Waals surface area contributed by atoms with Gasteiger partial charge in [-0.2, -0.15) is 0 Å².